The molecule has 0 bridgehead atoms. The van der Waals surface area contributed by atoms with E-state index in [0.717, 1.165) is 11.1 Å². The number of benzene rings is 2. The van der Waals surface area contributed by atoms with Crippen molar-refractivity contribution in [2.45, 2.75) is 82.5 Å². The monoisotopic (exact) mass is 673 g/mol. The van der Waals surface area contributed by atoms with Crippen LogP contribution in [0.15, 0.2) is 60.7 Å². The molecule has 48 heavy (non-hydrogen) atoms. The Morgan fingerprint density at radius 1 is 0.833 bits per heavy atom. The van der Waals surface area contributed by atoms with Gasteiger partial charge in [-0.1, -0.05) is 60.7 Å². The summed E-state index contributed by atoms with van der Waals surface area (Å²) in [5.41, 5.74) is 1.54. The molecule has 15 heteroatoms. The van der Waals surface area contributed by atoms with Crippen molar-refractivity contribution in [3.63, 3.8) is 0 Å². The molecular formula is C33H43N3O12. The van der Waals surface area contributed by atoms with Gasteiger partial charge in [-0.3, -0.25) is 19.2 Å². The molecule has 2 aromatic rings. The number of rotatable bonds is 18. The van der Waals surface area contributed by atoms with Crippen molar-refractivity contribution in [2.24, 2.45) is 0 Å². The van der Waals surface area contributed by atoms with E-state index in [1.807, 2.05) is 24.3 Å². The zero-order chi connectivity index (χ0) is 34.9. The third-order valence-corrected chi connectivity index (χ3v) is 7.26. The predicted molar refractivity (Wildman–Crippen MR) is 167 cm³/mol. The smallest absolute Gasteiger partial charge is 0.328 e. The third kappa shape index (κ3) is 13.0. The van der Waals surface area contributed by atoms with E-state index in [1.54, 1.807) is 36.4 Å². The lowest BCUT2D eigenvalue weighted by molar-refractivity contribution is -0.269. The maximum atomic E-state index is 12.9. The summed E-state index contributed by atoms with van der Waals surface area (Å²) in [5, 5.41) is 37.4. The van der Waals surface area contributed by atoms with Gasteiger partial charge in [0.2, 0.25) is 17.7 Å². The van der Waals surface area contributed by atoms with E-state index in [9.17, 15) is 39.3 Å². The SMILES string of the molecule is CC(=O)N[C@H]1[C@H](OCCNC(=O)CCC(=O)N[C@@H](CCC(=O)OCc2ccccc2)C(=O)OCc2ccccc2)O[C@H](CO)[C@H](O)[C@@H]1O. The number of hydrogen-bond acceptors (Lipinski definition) is 12. The van der Waals surface area contributed by atoms with Crippen molar-refractivity contribution < 1.29 is 58.2 Å². The highest BCUT2D eigenvalue weighted by atomic mass is 16.7. The first kappa shape index (κ1) is 38.0. The average Bonchev–Trinajstić information content (AvgIpc) is 3.09. The van der Waals surface area contributed by atoms with Gasteiger partial charge in [-0.15, -0.1) is 0 Å². The molecule has 0 saturated carbocycles. The van der Waals surface area contributed by atoms with Crippen LogP contribution in [0, 0.1) is 0 Å². The van der Waals surface area contributed by atoms with E-state index in [1.165, 1.54) is 6.92 Å². The van der Waals surface area contributed by atoms with Gasteiger partial charge in [0.15, 0.2) is 6.29 Å². The Bertz CT molecular complexity index is 1330. The van der Waals surface area contributed by atoms with Crippen molar-refractivity contribution in [3.05, 3.63) is 71.8 Å². The van der Waals surface area contributed by atoms with Crippen LogP contribution in [0.4, 0.5) is 0 Å². The largest absolute Gasteiger partial charge is 0.461 e. The van der Waals surface area contributed by atoms with E-state index in [4.69, 9.17) is 18.9 Å². The molecule has 0 spiro atoms. The van der Waals surface area contributed by atoms with Gasteiger partial charge < -0.3 is 50.2 Å². The van der Waals surface area contributed by atoms with E-state index in [0.29, 0.717) is 0 Å². The molecule has 1 fully saturated rings. The minimum Gasteiger partial charge on any atom is -0.461 e. The van der Waals surface area contributed by atoms with Crippen LogP contribution >= 0.6 is 0 Å². The van der Waals surface area contributed by atoms with Gasteiger partial charge in [-0.05, 0) is 17.5 Å². The van der Waals surface area contributed by atoms with Gasteiger partial charge in [0, 0.05) is 32.7 Å². The van der Waals surface area contributed by atoms with Gasteiger partial charge >= 0.3 is 11.9 Å². The van der Waals surface area contributed by atoms with Crippen LogP contribution in [-0.2, 0) is 56.1 Å². The summed E-state index contributed by atoms with van der Waals surface area (Å²) in [4.78, 5) is 61.9. The molecule has 3 amide bonds. The van der Waals surface area contributed by atoms with Gasteiger partial charge in [0.1, 0.15) is 43.6 Å². The molecule has 262 valence electrons. The fourth-order valence-electron chi connectivity index (χ4n) is 4.71. The summed E-state index contributed by atoms with van der Waals surface area (Å²) >= 11 is 0. The first-order chi connectivity index (χ1) is 23.1. The molecular weight excluding hydrogens is 630 g/mol. The Morgan fingerprint density at radius 2 is 1.44 bits per heavy atom. The van der Waals surface area contributed by atoms with E-state index in [2.05, 4.69) is 16.0 Å². The van der Waals surface area contributed by atoms with Gasteiger partial charge in [0.25, 0.3) is 0 Å². The van der Waals surface area contributed by atoms with Crippen molar-refractivity contribution in [1.29, 1.82) is 0 Å². The highest BCUT2D eigenvalue weighted by molar-refractivity contribution is 5.87. The first-order valence-electron chi connectivity index (χ1n) is 15.5. The van der Waals surface area contributed by atoms with Crippen LogP contribution in [0.3, 0.4) is 0 Å². The van der Waals surface area contributed by atoms with Crippen LogP contribution in [0.25, 0.3) is 0 Å². The fraction of sp³-hybridized carbons (Fsp3) is 0.485. The summed E-state index contributed by atoms with van der Waals surface area (Å²) in [6.07, 6.45) is -6.06. The highest BCUT2D eigenvalue weighted by Gasteiger charge is 2.45. The predicted octanol–water partition coefficient (Wildman–Crippen LogP) is -0.405. The molecule has 2 aromatic carbocycles. The van der Waals surface area contributed by atoms with Gasteiger partial charge in [-0.2, -0.15) is 0 Å². The molecule has 1 heterocycles. The highest BCUT2D eigenvalue weighted by Crippen LogP contribution is 2.22. The Labute approximate surface area is 277 Å². The lowest BCUT2D eigenvalue weighted by Gasteiger charge is -2.42. The minimum atomic E-state index is -1.47. The summed E-state index contributed by atoms with van der Waals surface area (Å²) < 4.78 is 21.6. The quantitative estimate of drug-likeness (QED) is 0.0880. The topological polar surface area (TPSA) is 219 Å². The van der Waals surface area contributed by atoms with Crippen LogP contribution in [0.1, 0.15) is 43.7 Å². The summed E-state index contributed by atoms with van der Waals surface area (Å²) in [6.45, 7) is 0.472. The lowest BCUT2D eigenvalue weighted by Crippen LogP contribution is -2.64. The van der Waals surface area contributed by atoms with E-state index < -0.39 is 73.0 Å². The van der Waals surface area contributed by atoms with Crippen molar-refractivity contribution >= 4 is 29.7 Å². The summed E-state index contributed by atoms with van der Waals surface area (Å²) in [5.74, 6) is -2.93. The Morgan fingerprint density at radius 3 is 2.04 bits per heavy atom. The number of nitrogens with one attached hydrogen (secondary N) is 3. The first-order valence-corrected chi connectivity index (χ1v) is 15.5. The maximum Gasteiger partial charge on any atom is 0.328 e. The fourth-order valence-corrected chi connectivity index (χ4v) is 4.71. The third-order valence-electron chi connectivity index (χ3n) is 7.26. The molecule has 0 aromatic heterocycles. The van der Waals surface area contributed by atoms with Gasteiger partial charge in [-0.25, -0.2) is 4.79 Å². The molecule has 1 saturated heterocycles. The second kappa shape index (κ2) is 20.1. The second-order valence-corrected chi connectivity index (χ2v) is 11.1. The lowest BCUT2D eigenvalue weighted by atomic mass is 9.97. The van der Waals surface area contributed by atoms with Crippen molar-refractivity contribution in [1.82, 2.24) is 16.0 Å². The number of amides is 3. The van der Waals surface area contributed by atoms with Crippen LogP contribution < -0.4 is 16.0 Å². The van der Waals surface area contributed by atoms with Crippen LogP contribution in [0.5, 0.6) is 0 Å². The van der Waals surface area contributed by atoms with Crippen LogP contribution in [-0.4, -0.2) is 101 Å². The second-order valence-electron chi connectivity index (χ2n) is 11.1. The molecule has 6 atom stereocenters. The summed E-state index contributed by atoms with van der Waals surface area (Å²) in [7, 11) is 0. The minimum absolute atomic E-state index is 0.0327. The van der Waals surface area contributed by atoms with Gasteiger partial charge in [0.05, 0.1) is 13.2 Å². The zero-order valence-electron chi connectivity index (χ0n) is 26.6. The molecule has 0 unspecified atom stereocenters. The number of carbonyl (C=O) groups excluding carboxylic acids is 5. The molecule has 6 N–H and O–H groups in total. The number of ether oxygens (including phenoxy) is 4. The Kier molecular flexibility index (Phi) is 15.9. The normalized spacial score (nSPS) is 21.0. The number of aliphatic hydroxyl groups is 3. The molecule has 1 aliphatic heterocycles. The molecule has 0 aliphatic carbocycles. The Balaban J connectivity index is 1.45. The van der Waals surface area contributed by atoms with Crippen LogP contribution in [0.2, 0.25) is 0 Å². The average molecular weight is 674 g/mol. The zero-order valence-corrected chi connectivity index (χ0v) is 26.6. The number of esters is 2. The molecule has 0 radical (unpaired) electrons. The number of hydrogen-bond donors (Lipinski definition) is 6. The molecule has 15 nitrogen and oxygen atoms in total. The van der Waals surface area contributed by atoms with Crippen molar-refractivity contribution in [2.75, 3.05) is 19.8 Å². The number of carbonyl (C=O) groups is 5. The summed E-state index contributed by atoms with van der Waals surface area (Å²) in [6, 6.07) is 15.7. The maximum absolute atomic E-state index is 12.9. The molecule has 1 aliphatic rings. The van der Waals surface area contributed by atoms with Crippen molar-refractivity contribution in [3.8, 4) is 0 Å². The number of aliphatic hydroxyl groups excluding tert-OH is 3. The van der Waals surface area contributed by atoms with E-state index >= 15 is 0 Å². The van der Waals surface area contributed by atoms with E-state index in [-0.39, 0.29) is 52.0 Å². The Hall–Kier alpha value is -4.41. The standard InChI is InChI=1S/C33H43N3O12/c1-21(38)35-29-31(43)30(42)25(18-37)48-33(29)45-17-16-34-26(39)13-14-27(40)36-24(32(44)47-20-23-10-6-3-7-11-23)12-15-28(41)46-19-22-8-4-2-5-9-22/h2-11,24-25,29-31,33,37,42-43H,12-20H2,1H3,(H,34,39)(H,35,38)(H,36,40)/t24-,25+,29+,30-,31+,33+/m0/s1. The molecule has 3 rings (SSSR count).